The van der Waals surface area contributed by atoms with Gasteiger partial charge in [0.25, 0.3) is 0 Å². The van der Waals surface area contributed by atoms with Crippen LogP contribution in [0.2, 0.25) is 0 Å². The Bertz CT molecular complexity index is 993. The van der Waals surface area contributed by atoms with Crippen LogP contribution in [-0.2, 0) is 20.8 Å². The van der Waals surface area contributed by atoms with E-state index in [1.165, 1.54) is 0 Å². The van der Waals surface area contributed by atoms with Crippen LogP contribution in [0.4, 0.5) is 0 Å². The highest BCUT2D eigenvalue weighted by molar-refractivity contribution is 6.01. The minimum Gasteiger partial charge on any atom is -0.489 e. The molecule has 0 saturated carbocycles. The smallest absolute Gasteiger partial charge is 0.303 e. The molecule has 0 amide bonds. The normalized spacial score (nSPS) is 15.6. The van der Waals surface area contributed by atoms with Gasteiger partial charge in [-0.3, -0.25) is 4.79 Å². The topological polar surface area (TPSA) is 77.3 Å². The Morgan fingerprint density at radius 2 is 1.94 bits per heavy atom. The molecule has 0 aliphatic heterocycles. The van der Waals surface area contributed by atoms with Gasteiger partial charge in [-0.1, -0.05) is 78.5 Å². The zero-order valence-corrected chi connectivity index (χ0v) is 18.6. The van der Waals surface area contributed by atoms with Gasteiger partial charge in [0.2, 0.25) is 0 Å². The molecule has 172 valence electrons. The molecule has 6 nitrogen and oxygen atoms in total. The fraction of sp³-hybridized carbons (Fsp3) is 0.259. The van der Waals surface area contributed by atoms with E-state index in [0.29, 0.717) is 26.2 Å². The highest BCUT2D eigenvalue weighted by Crippen LogP contribution is 2.18. The Morgan fingerprint density at radius 1 is 1.15 bits per heavy atom. The van der Waals surface area contributed by atoms with Crippen LogP contribution in [0.5, 0.6) is 5.75 Å². The Balaban J connectivity index is 1.45. The quantitative estimate of drug-likeness (QED) is 0.203. The van der Waals surface area contributed by atoms with Gasteiger partial charge in [0.05, 0.1) is 12.7 Å². The van der Waals surface area contributed by atoms with Gasteiger partial charge >= 0.3 is 5.97 Å². The number of aliphatic carboxylic acids is 1. The zero-order chi connectivity index (χ0) is 23.3. The number of hydrogen-bond acceptors (Lipinski definition) is 5. The minimum atomic E-state index is -0.793. The molecule has 6 heteroatoms. The molecule has 1 aliphatic rings. The molecule has 2 aromatic rings. The molecule has 1 unspecified atom stereocenters. The molecule has 0 saturated heterocycles. The number of carbonyl (C=O) groups is 1. The number of oxime groups is 1. The molecule has 0 fully saturated rings. The lowest BCUT2D eigenvalue weighted by Gasteiger charge is -2.18. The molecule has 0 spiro atoms. The van der Waals surface area contributed by atoms with Gasteiger partial charge in [-0.15, -0.1) is 0 Å². The Labute approximate surface area is 194 Å². The van der Waals surface area contributed by atoms with E-state index in [1.54, 1.807) is 6.08 Å². The van der Waals surface area contributed by atoms with Crippen molar-refractivity contribution >= 4 is 11.7 Å². The van der Waals surface area contributed by atoms with Crippen molar-refractivity contribution in [1.82, 2.24) is 0 Å². The molecule has 33 heavy (non-hydrogen) atoms. The second-order valence-electron chi connectivity index (χ2n) is 7.54. The summed E-state index contributed by atoms with van der Waals surface area (Å²) in [5, 5.41) is 13.0. The van der Waals surface area contributed by atoms with Crippen LogP contribution >= 0.6 is 0 Å². The molecule has 3 rings (SSSR count). The number of benzene rings is 2. The highest BCUT2D eigenvalue weighted by Gasteiger charge is 2.13. The van der Waals surface area contributed by atoms with Crippen LogP contribution in [0.15, 0.2) is 96.2 Å². The number of rotatable bonds is 13. The lowest BCUT2D eigenvalue weighted by molar-refractivity contribution is -0.136. The summed E-state index contributed by atoms with van der Waals surface area (Å²) in [5.41, 5.74) is 3.75. The molecule has 0 bridgehead atoms. The standard InChI is InChI=1S/C27H29NO5/c1-2-18-33-28-26(23-6-4-3-5-7-23)20-32-25-15-10-22(11-16-25)19-31-24-13-8-21(9-14-24)12-17-27(29)30/h2-11,13-15,25H,1,12,16-20H2,(H,29,30)/b28-26+. The van der Waals surface area contributed by atoms with Gasteiger partial charge in [-0.2, -0.15) is 0 Å². The summed E-state index contributed by atoms with van der Waals surface area (Å²) in [4.78, 5) is 16.0. The number of carboxylic acid groups (broad SMARTS) is 1. The largest absolute Gasteiger partial charge is 0.489 e. The number of nitrogens with zero attached hydrogens (tertiary/aromatic N) is 1. The van der Waals surface area contributed by atoms with E-state index >= 15 is 0 Å². The fourth-order valence-electron chi connectivity index (χ4n) is 3.19. The Kier molecular flexibility index (Phi) is 9.48. The summed E-state index contributed by atoms with van der Waals surface area (Å²) < 4.78 is 11.9. The van der Waals surface area contributed by atoms with Crippen molar-refractivity contribution < 1.29 is 24.2 Å². The van der Waals surface area contributed by atoms with E-state index < -0.39 is 5.97 Å². The van der Waals surface area contributed by atoms with Gasteiger partial charge in [-0.05, 0) is 36.1 Å². The predicted molar refractivity (Wildman–Crippen MR) is 129 cm³/mol. The Hall–Kier alpha value is -3.64. The van der Waals surface area contributed by atoms with Gasteiger partial charge in [0.1, 0.15) is 24.7 Å². The summed E-state index contributed by atoms with van der Waals surface area (Å²) in [6.07, 6.45) is 9.15. The van der Waals surface area contributed by atoms with Crippen molar-refractivity contribution in [2.75, 3.05) is 19.8 Å². The van der Waals surface area contributed by atoms with Crippen LogP contribution < -0.4 is 4.74 Å². The van der Waals surface area contributed by atoms with E-state index in [2.05, 4.69) is 17.8 Å². The lowest BCUT2D eigenvalue weighted by Crippen LogP contribution is -2.19. The maximum atomic E-state index is 10.7. The monoisotopic (exact) mass is 447 g/mol. The number of ether oxygens (including phenoxy) is 2. The maximum Gasteiger partial charge on any atom is 0.303 e. The second-order valence-corrected chi connectivity index (χ2v) is 7.54. The molecule has 1 N–H and O–H groups in total. The molecule has 0 radical (unpaired) electrons. The average molecular weight is 448 g/mol. The van der Waals surface area contributed by atoms with Crippen molar-refractivity contribution in [2.24, 2.45) is 5.16 Å². The van der Waals surface area contributed by atoms with Crippen molar-refractivity contribution in [2.45, 2.75) is 25.4 Å². The summed E-state index contributed by atoms with van der Waals surface area (Å²) in [6, 6.07) is 17.4. The highest BCUT2D eigenvalue weighted by atomic mass is 16.6. The molecular weight excluding hydrogens is 418 g/mol. The molecular formula is C27H29NO5. The van der Waals surface area contributed by atoms with Crippen LogP contribution in [-0.4, -0.2) is 42.7 Å². The van der Waals surface area contributed by atoms with Gasteiger partial charge in [0.15, 0.2) is 0 Å². The van der Waals surface area contributed by atoms with E-state index in [-0.39, 0.29) is 12.5 Å². The first kappa shape index (κ1) is 24.0. The first-order valence-corrected chi connectivity index (χ1v) is 10.9. The number of carboxylic acids is 1. The fourth-order valence-corrected chi connectivity index (χ4v) is 3.19. The van der Waals surface area contributed by atoms with E-state index in [0.717, 1.165) is 34.6 Å². The molecule has 2 aromatic carbocycles. The molecule has 1 atom stereocenters. The SMILES string of the molecule is C=CCO/N=C(\COC1C=CC(COc2ccc(CCC(=O)O)cc2)=CC1)c1ccccc1. The van der Waals surface area contributed by atoms with E-state index in [4.69, 9.17) is 19.4 Å². The van der Waals surface area contributed by atoms with Crippen LogP contribution in [0, 0.1) is 0 Å². The van der Waals surface area contributed by atoms with Gasteiger partial charge in [0, 0.05) is 12.0 Å². The third-order valence-corrected chi connectivity index (χ3v) is 5.00. The minimum absolute atomic E-state index is 0.0458. The molecule has 0 aromatic heterocycles. The van der Waals surface area contributed by atoms with Crippen molar-refractivity contribution in [1.29, 1.82) is 0 Å². The average Bonchev–Trinajstić information content (AvgIpc) is 2.85. The molecule has 0 heterocycles. The first-order chi connectivity index (χ1) is 16.1. The zero-order valence-electron chi connectivity index (χ0n) is 18.6. The molecule has 1 aliphatic carbocycles. The van der Waals surface area contributed by atoms with E-state index in [1.807, 2.05) is 66.7 Å². The van der Waals surface area contributed by atoms with Crippen LogP contribution in [0.25, 0.3) is 0 Å². The summed E-state index contributed by atoms with van der Waals surface area (Å²) in [6.45, 7) is 4.78. The van der Waals surface area contributed by atoms with Gasteiger partial charge in [-0.25, -0.2) is 0 Å². The van der Waals surface area contributed by atoms with Gasteiger partial charge < -0.3 is 19.4 Å². The Morgan fingerprint density at radius 3 is 2.61 bits per heavy atom. The summed E-state index contributed by atoms with van der Waals surface area (Å²) >= 11 is 0. The maximum absolute atomic E-state index is 10.7. The van der Waals surface area contributed by atoms with Crippen molar-refractivity contribution in [3.63, 3.8) is 0 Å². The number of aryl methyl sites for hydroxylation is 1. The van der Waals surface area contributed by atoms with Crippen LogP contribution in [0.3, 0.4) is 0 Å². The summed E-state index contributed by atoms with van der Waals surface area (Å²) in [5.74, 6) is -0.0387. The second kappa shape index (κ2) is 13.0. The first-order valence-electron chi connectivity index (χ1n) is 10.9. The lowest BCUT2D eigenvalue weighted by atomic mass is 10.1. The predicted octanol–water partition coefficient (Wildman–Crippen LogP) is 4.96. The summed E-state index contributed by atoms with van der Waals surface area (Å²) in [7, 11) is 0. The third-order valence-electron chi connectivity index (χ3n) is 5.00. The van der Waals surface area contributed by atoms with E-state index in [9.17, 15) is 4.79 Å². The van der Waals surface area contributed by atoms with Crippen molar-refractivity contribution in [3.8, 4) is 5.75 Å². The van der Waals surface area contributed by atoms with Crippen LogP contribution in [0.1, 0.15) is 24.0 Å². The van der Waals surface area contributed by atoms with Crippen molar-refractivity contribution in [3.05, 3.63) is 102 Å². The third kappa shape index (κ3) is 8.43. The number of hydrogen-bond donors (Lipinski definition) is 1.